The fourth-order valence-corrected chi connectivity index (χ4v) is 6.85. The Kier molecular flexibility index (Phi) is 12.5. The predicted molar refractivity (Wildman–Crippen MR) is 181 cm³/mol. The van der Waals surface area contributed by atoms with Crippen molar-refractivity contribution in [2.45, 2.75) is 49.8 Å². The summed E-state index contributed by atoms with van der Waals surface area (Å²) in [6.45, 7) is 1.18. The average Bonchev–Trinajstić information content (AvgIpc) is 3.06. The maximum absolute atomic E-state index is 14.5. The second-order valence-electron chi connectivity index (χ2n) is 10.9. The zero-order chi connectivity index (χ0) is 34.9. The zero-order valence-corrected chi connectivity index (χ0v) is 28.3. The molecular weight excluding hydrogens is 686 g/mol. The van der Waals surface area contributed by atoms with Crippen LogP contribution in [0.15, 0.2) is 108 Å². The third kappa shape index (κ3) is 9.30. The summed E-state index contributed by atoms with van der Waals surface area (Å²) in [6.07, 6.45) is -3.35. The van der Waals surface area contributed by atoms with E-state index >= 15 is 0 Å². The van der Waals surface area contributed by atoms with Gasteiger partial charge in [0.15, 0.2) is 0 Å². The maximum atomic E-state index is 14.5. The molecule has 0 aliphatic rings. The molecule has 4 rings (SSSR count). The quantitative estimate of drug-likeness (QED) is 0.135. The van der Waals surface area contributed by atoms with Crippen molar-refractivity contribution in [1.29, 1.82) is 0 Å². The summed E-state index contributed by atoms with van der Waals surface area (Å²) in [5.41, 5.74) is -0.497. The second-order valence-corrected chi connectivity index (χ2v) is 13.6. The molecule has 0 aliphatic heterocycles. The van der Waals surface area contributed by atoms with E-state index in [0.717, 1.165) is 24.1 Å². The van der Waals surface area contributed by atoms with Crippen molar-refractivity contribution >= 4 is 50.7 Å². The minimum absolute atomic E-state index is 0.0690. The van der Waals surface area contributed by atoms with E-state index in [0.29, 0.717) is 33.9 Å². The molecule has 13 heteroatoms. The molecule has 1 atom stereocenters. The minimum Gasteiger partial charge on any atom is -0.354 e. The lowest BCUT2D eigenvalue weighted by Gasteiger charge is -2.34. The van der Waals surface area contributed by atoms with Crippen LogP contribution >= 0.6 is 23.2 Å². The molecule has 0 fully saturated rings. The summed E-state index contributed by atoms with van der Waals surface area (Å²) in [6, 6.07) is 24.2. The number of halogens is 5. The standard InChI is InChI=1S/C35H34Cl2F3N3O4S/c1-2-3-20-41-34(45)32(21-25-12-6-4-7-13-25)42(23-26-14-10-11-17-30(26)36)33(44)24-43(48(46,47)28-15-8-5-9-16-28)27-18-19-31(37)29(22-27)35(38,39)40/h4-19,22,32H,2-3,20-21,23-24H2,1H3,(H,41,45)/t32-/m1/s1. The topological polar surface area (TPSA) is 86.8 Å². The molecule has 254 valence electrons. The number of unbranched alkanes of at least 4 members (excludes halogenated alkanes) is 1. The lowest BCUT2D eigenvalue weighted by atomic mass is 10.0. The van der Waals surface area contributed by atoms with Gasteiger partial charge in [-0.3, -0.25) is 13.9 Å². The van der Waals surface area contributed by atoms with Crippen molar-refractivity contribution in [3.05, 3.63) is 130 Å². The highest BCUT2D eigenvalue weighted by Crippen LogP contribution is 2.38. The number of nitrogens with one attached hydrogen (secondary N) is 1. The molecule has 0 spiro atoms. The Morgan fingerprint density at radius 3 is 2.10 bits per heavy atom. The number of rotatable bonds is 14. The van der Waals surface area contributed by atoms with Crippen LogP contribution < -0.4 is 9.62 Å². The lowest BCUT2D eigenvalue weighted by Crippen LogP contribution is -2.53. The van der Waals surface area contributed by atoms with Crippen LogP contribution in [0.4, 0.5) is 18.9 Å². The Hall–Kier alpha value is -4.06. The van der Waals surface area contributed by atoms with Crippen LogP contribution in [0.3, 0.4) is 0 Å². The van der Waals surface area contributed by atoms with E-state index < -0.39 is 56.9 Å². The van der Waals surface area contributed by atoms with Crippen LogP contribution in [0.2, 0.25) is 10.0 Å². The van der Waals surface area contributed by atoms with Crippen LogP contribution in [-0.2, 0) is 38.8 Å². The fourth-order valence-electron chi connectivity index (χ4n) is 5.00. The van der Waals surface area contributed by atoms with Crippen LogP contribution in [0.5, 0.6) is 0 Å². The summed E-state index contributed by atoms with van der Waals surface area (Å²) < 4.78 is 70.5. The number of amides is 2. The molecule has 2 amide bonds. The minimum atomic E-state index is -4.91. The SMILES string of the molecule is CCCCNC(=O)[C@@H](Cc1ccccc1)N(Cc1ccccc1Cl)C(=O)CN(c1ccc(Cl)c(C(F)(F)F)c1)S(=O)(=O)c1ccccc1. The maximum Gasteiger partial charge on any atom is 0.417 e. The monoisotopic (exact) mass is 719 g/mol. The first-order valence-electron chi connectivity index (χ1n) is 15.1. The molecule has 0 saturated carbocycles. The van der Waals surface area contributed by atoms with Gasteiger partial charge in [0, 0.05) is 24.5 Å². The molecule has 0 aromatic heterocycles. The van der Waals surface area contributed by atoms with Gasteiger partial charge in [-0.1, -0.05) is 103 Å². The van der Waals surface area contributed by atoms with Crippen LogP contribution in [0.25, 0.3) is 0 Å². The lowest BCUT2D eigenvalue weighted by molar-refractivity contribution is -0.140. The summed E-state index contributed by atoms with van der Waals surface area (Å²) in [7, 11) is -4.61. The highest BCUT2D eigenvalue weighted by Gasteiger charge is 2.37. The van der Waals surface area contributed by atoms with E-state index in [1.165, 1.54) is 29.2 Å². The average molecular weight is 721 g/mol. The molecule has 0 saturated heterocycles. The number of carbonyl (C=O) groups excluding carboxylic acids is 2. The number of hydrogen-bond donors (Lipinski definition) is 1. The number of nitrogens with zero attached hydrogens (tertiary/aromatic N) is 2. The molecule has 0 radical (unpaired) electrons. The molecule has 0 unspecified atom stereocenters. The van der Waals surface area contributed by atoms with Crippen LogP contribution in [0.1, 0.15) is 36.5 Å². The Bertz CT molecular complexity index is 1810. The fraction of sp³-hybridized carbons (Fsp3) is 0.257. The molecule has 0 bridgehead atoms. The number of sulfonamides is 1. The zero-order valence-electron chi connectivity index (χ0n) is 26.0. The van der Waals surface area contributed by atoms with E-state index in [1.54, 1.807) is 60.7 Å². The van der Waals surface area contributed by atoms with Gasteiger partial charge in [-0.25, -0.2) is 8.42 Å². The van der Waals surface area contributed by atoms with Crippen molar-refractivity contribution < 1.29 is 31.2 Å². The summed E-state index contributed by atoms with van der Waals surface area (Å²) in [5.74, 6) is -1.32. The number of alkyl halides is 3. The largest absolute Gasteiger partial charge is 0.417 e. The van der Waals surface area contributed by atoms with E-state index in [9.17, 15) is 31.2 Å². The highest BCUT2D eigenvalue weighted by atomic mass is 35.5. The summed E-state index contributed by atoms with van der Waals surface area (Å²) in [5, 5.41) is 2.54. The van der Waals surface area contributed by atoms with Gasteiger partial charge < -0.3 is 10.2 Å². The third-order valence-electron chi connectivity index (χ3n) is 7.55. The first-order valence-corrected chi connectivity index (χ1v) is 17.3. The van der Waals surface area contributed by atoms with Crippen LogP contribution in [-0.4, -0.2) is 44.3 Å². The summed E-state index contributed by atoms with van der Waals surface area (Å²) in [4.78, 5) is 29.3. The van der Waals surface area contributed by atoms with Crippen molar-refractivity contribution in [3.63, 3.8) is 0 Å². The summed E-state index contributed by atoms with van der Waals surface area (Å²) >= 11 is 12.3. The van der Waals surface area contributed by atoms with Gasteiger partial charge in [0.2, 0.25) is 11.8 Å². The van der Waals surface area contributed by atoms with Crippen molar-refractivity contribution in [1.82, 2.24) is 10.2 Å². The second kappa shape index (κ2) is 16.4. The Morgan fingerprint density at radius 2 is 1.48 bits per heavy atom. The number of anilines is 1. The molecular formula is C35H34Cl2F3N3O4S. The van der Waals surface area contributed by atoms with Gasteiger partial charge in [-0.2, -0.15) is 13.2 Å². The molecule has 0 heterocycles. The smallest absolute Gasteiger partial charge is 0.354 e. The van der Waals surface area contributed by atoms with Gasteiger partial charge in [-0.15, -0.1) is 0 Å². The number of carbonyl (C=O) groups is 2. The van der Waals surface area contributed by atoms with E-state index in [2.05, 4.69) is 5.32 Å². The van der Waals surface area contributed by atoms with E-state index in [4.69, 9.17) is 23.2 Å². The Balaban J connectivity index is 1.85. The molecule has 0 aliphatic carbocycles. The predicted octanol–water partition coefficient (Wildman–Crippen LogP) is 7.76. The molecule has 4 aromatic carbocycles. The third-order valence-corrected chi connectivity index (χ3v) is 10.0. The van der Waals surface area contributed by atoms with Crippen molar-refractivity contribution in [3.8, 4) is 0 Å². The first-order chi connectivity index (χ1) is 22.8. The van der Waals surface area contributed by atoms with E-state index in [1.807, 2.05) is 6.92 Å². The van der Waals surface area contributed by atoms with Gasteiger partial charge >= 0.3 is 6.18 Å². The molecule has 48 heavy (non-hydrogen) atoms. The van der Waals surface area contributed by atoms with Crippen molar-refractivity contribution in [2.75, 3.05) is 17.4 Å². The Labute approximate surface area is 288 Å². The van der Waals surface area contributed by atoms with Crippen molar-refractivity contribution in [2.24, 2.45) is 0 Å². The number of benzene rings is 4. The molecule has 4 aromatic rings. The van der Waals surface area contributed by atoms with Gasteiger partial charge in [-0.05, 0) is 53.9 Å². The number of hydrogen-bond acceptors (Lipinski definition) is 4. The van der Waals surface area contributed by atoms with Gasteiger partial charge in [0.05, 0.1) is 21.2 Å². The van der Waals surface area contributed by atoms with Gasteiger partial charge in [0.1, 0.15) is 12.6 Å². The highest BCUT2D eigenvalue weighted by molar-refractivity contribution is 7.92. The van der Waals surface area contributed by atoms with Gasteiger partial charge in [0.25, 0.3) is 10.0 Å². The normalized spacial score (nSPS) is 12.3. The van der Waals surface area contributed by atoms with Crippen LogP contribution in [0, 0.1) is 0 Å². The Morgan fingerprint density at radius 1 is 0.854 bits per heavy atom. The molecule has 1 N–H and O–H groups in total. The first kappa shape index (κ1) is 36.8. The van der Waals surface area contributed by atoms with E-state index in [-0.39, 0.29) is 17.9 Å². The molecule has 7 nitrogen and oxygen atoms in total.